The summed E-state index contributed by atoms with van der Waals surface area (Å²) in [6.07, 6.45) is 3.93. The molecule has 94 valence electrons. The summed E-state index contributed by atoms with van der Waals surface area (Å²) in [4.78, 5) is 7.07. The van der Waals surface area contributed by atoms with Crippen molar-refractivity contribution in [2.24, 2.45) is 5.92 Å². The molecular weight excluding hydrogens is 232 g/mol. The highest BCUT2D eigenvalue weighted by Gasteiger charge is 2.24. The van der Waals surface area contributed by atoms with Crippen LogP contribution in [0.1, 0.15) is 37.4 Å². The maximum atomic E-state index is 5.92. The molecule has 2 rings (SSSR count). The van der Waals surface area contributed by atoms with Gasteiger partial charge in [-0.3, -0.25) is 0 Å². The van der Waals surface area contributed by atoms with Crippen LogP contribution in [0.5, 0.6) is 0 Å². The van der Waals surface area contributed by atoms with Gasteiger partial charge >= 0.3 is 0 Å². The highest BCUT2D eigenvalue weighted by atomic mass is 35.5. The van der Waals surface area contributed by atoms with Crippen molar-refractivity contribution in [1.82, 2.24) is 4.98 Å². The quantitative estimate of drug-likeness (QED) is 0.717. The van der Waals surface area contributed by atoms with E-state index >= 15 is 0 Å². The number of rotatable bonds is 6. The molecule has 1 aliphatic carbocycles. The van der Waals surface area contributed by atoms with Crippen molar-refractivity contribution >= 4 is 17.4 Å². The van der Waals surface area contributed by atoms with Gasteiger partial charge in [-0.1, -0.05) is 6.92 Å². The van der Waals surface area contributed by atoms with E-state index in [4.69, 9.17) is 11.6 Å². The Bertz CT molecular complexity index is 374. The number of halogens is 1. The number of hydrogen-bond acceptors (Lipinski definition) is 2. The zero-order valence-electron chi connectivity index (χ0n) is 10.7. The van der Waals surface area contributed by atoms with Crippen LogP contribution in [0.2, 0.25) is 0 Å². The fourth-order valence-corrected chi connectivity index (χ4v) is 2.30. The van der Waals surface area contributed by atoms with Gasteiger partial charge in [-0.05, 0) is 49.8 Å². The first-order valence-electron chi connectivity index (χ1n) is 6.51. The molecule has 0 aliphatic heterocycles. The average Bonchev–Trinajstić information content (AvgIpc) is 3.11. The van der Waals surface area contributed by atoms with Gasteiger partial charge in [0.15, 0.2) is 0 Å². The van der Waals surface area contributed by atoms with Crippen LogP contribution in [0.4, 0.5) is 5.82 Å². The summed E-state index contributed by atoms with van der Waals surface area (Å²) in [6, 6.07) is 4.20. The van der Waals surface area contributed by atoms with E-state index in [1.165, 1.54) is 24.8 Å². The maximum Gasteiger partial charge on any atom is 0.129 e. The second-order valence-corrected chi connectivity index (χ2v) is 5.27. The van der Waals surface area contributed by atoms with Crippen LogP contribution in [0, 0.1) is 12.8 Å². The highest BCUT2D eigenvalue weighted by molar-refractivity contribution is 6.17. The first-order chi connectivity index (χ1) is 8.22. The van der Waals surface area contributed by atoms with Gasteiger partial charge in [0.1, 0.15) is 5.82 Å². The van der Waals surface area contributed by atoms with Crippen LogP contribution in [-0.2, 0) is 5.88 Å². The van der Waals surface area contributed by atoms with Crippen molar-refractivity contribution in [3.05, 3.63) is 23.4 Å². The third kappa shape index (κ3) is 3.60. The van der Waals surface area contributed by atoms with E-state index in [1.54, 1.807) is 0 Å². The zero-order valence-corrected chi connectivity index (χ0v) is 11.5. The molecule has 0 N–H and O–H groups in total. The lowest BCUT2D eigenvalue weighted by molar-refractivity contribution is 0.697. The predicted molar refractivity (Wildman–Crippen MR) is 73.8 cm³/mol. The molecule has 2 nitrogen and oxygen atoms in total. The molecule has 1 aliphatic rings. The van der Waals surface area contributed by atoms with Crippen LogP contribution in [0.15, 0.2) is 12.1 Å². The Hall–Kier alpha value is -0.760. The van der Waals surface area contributed by atoms with Gasteiger partial charge in [0, 0.05) is 24.7 Å². The minimum atomic E-state index is 0.569. The normalized spacial score (nSPS) is 15.0. The van der Waals surface area contributed by atoms with Crippen molar-refractivity contribution < 1.29 is 0 Å². The molecule has 0 unspecified atom stereocenters. The Kier molecular flexibility index (Phi) is 4.27. The van der Waals surface area contributed by atoms with Crippen LogP contribution < -0.4 is 4.90 Å². The fourth-order valence-electron chi connectivity index (χ4n) is 2.14. The number of hydrogen-bond donors (Lipinski definition) is 0. The summed E-state index contributed by atoms with van der Waals surface area (Å²) >= 11 is 5.92. The molecule has 3 heteroatoms. The summed E-state index contributed by atoms with van der Waals surface area (Å²) in [5.41, 5.74) is 2.24. The monoisotopic (exact) mass is 252 g/mol. The van der Waals surface area contributed by atoms with E-state index < -0.39 is 0 Å². The molecular formula is C14H21ClN2. The molecule has 1 aromatic heterocycles. The van der Waals surface area contributed by atoms with Crippen LogP contribution in [-0.4, -0.2) is 18.1 Å². The largest absolute Gasteiger partial charge is 0.356 e. The summed E-state index contributed by atoms with van der Waals surface area (Å²) in [5.74, 6) is 2.57. The van der Waals surface area contributed by atoms with Crippen molar-refractivity contribution in [2.75, 3.05) is 18.0 Å². The minimum Gasteiger partial charge on any atom is -0.356 e. The summed E-state index contributed by atoms with van der Waals surface area (Å²) in [5, 5.41) is 0. The van der Waals surface area contributed by atoms with E-state index in [0.717, 1.165) is 30.5 Å². The Morgan fingerprint density at radius 2 is 2.18 bits per heavy atom. The van der Waals surface area contributed by atoms with Crippen molar-refractivity contribution in [3.63, 3.8) is 0 Å². The van der Waals surface area contributed by atoms with Crippen molar-refractivity contribution in [1.29, 1.82) is 0 Å². The molecule has 0 amide bonds. The predicted octanol–water partition coefficient (Wildman–Crippen LogP) is 3.76. The number of nitrogens with zero attached hydrogens (tertiary/aromatic N) is 2. The lowest BCUT2D eigenvalue weighted by Gasteiger charge is -2.24. The first kappa shape index (κ1) is 12.7. The number of aryl methyl sites for hydroxylation is 1. The Morgan fingerprint density at radius 1 is 1.41 bits per heavy atom. The SMILES string of the molecule is CCCN(CC1CC1)c1cc(CCl)cc(C)n1. The molecule has 0 radical (unpaired) electrons. The topological polar surface area (TPSA) is 16.1 Å². The van der Waals surface area contributed by atoms with E-state index in [1.807, 2.05) is 6.92 Å². The molecule has 0 bridgehead atoms. The smallest absolute Gasteiger partial charge is 0.129 e. The maximum absolute atomic E-state index is 5.92. The molecule has 0 spiro atoms. The van der Waals surface area contributed by atoms with Gasteiger partial charge in [-0.15, -0.1) is 11.6 Å². The number of anilines is 1. The van der Waals surface area contributed by atoms with Crippen LogP contribution in [0.3, 0.4) is 0 Å². The minimum absolute atomic E-state index is 0.569. The molecule has 0 aromatic carbocycles. The summed E-state index contributed by atoms with van der Waals surface area (Å²) in [6.45, 7) is 6.51. The third-order valence-electron chi connectivity index (χ3n) is 3.15. The Morgan fingerprint density at radius 3 is 2.76 bits per heavy atom. The first-order valence-corrected chi connectivity index (χ1v) is 7.05. The number of alkyl halides is 1. The van der Waals surface area contributed by atoms with Gasteiger partial charge in [-0.2, -0.15) is 0 Å². The van der Waals surface area contributed by atoms with Crippen LogP contribution >= 0.6 is 11.6 Å². The number of pyridine rings is 1. The number of aromatic nitrogens is 1. The second-order valence-electron chi connectivity index (χ2n) is 5.00. The summed E-state index contributed by atoms with van der Waals surface area (Å²) in [7, 11) is 0. The summed E-state index contributed by atoms with van der Waals surface area (Å²) < 4.78 is 0. The average molecular weight is 253 g/mol. The zero-order chi connectivity index (χ0) is 12.3. The van der Waals surface area contributed by atoms with Gasteiger partial charge in [0.05, 0.1) is 0 Å². The molecule has 1 heterocycles. The lowest BCUT2D eigenvalue weighted by Crippen LogP contribution is -2.27. The third-order valence-corrected chi connectivity index (χ3v) is 3.46. The van der Waals surface area contributed by atoms with Gasteiger partial charge in [-0.25, -0.2) is 4.98 Å². The van der Waals surface area contributed by atoms with Crippen molar-refractivity contribution in [2.45, 2.75) is 39.0 Å². The molecule has 1 fully saturated rings. The molecule has 17 heavy (non-hydrogen) atoms. The van der Waals surface area contributed by atoms with E-state index in [2.05, 4.69) is 28.9 Å². The van der Waals surface area contributed by atoms with Gasteiger partial charge in [0.25, 0.3) is 0 Å². The highest BCUT2D eigenvalue weighted by Crippen LogP contribution is 2.31. The van der Waals surface area contributed by atoms with E-state index in [9.17, 15) is 0 Å². The molecule has 0 atom stereocenters. The standard InChI is InChI=1S/C14H21ClN2/c1-3-6-17(10-12-4-5-12)14-8-13(9-15)7-11(2)16-14/h7-8,12H,3-6,9-10H2,1-2H3. The van der Waals surface area contributed by atoms with E-state index in [-0.39, 0.29) is 0 Å². The Labute approximate surface area is 109 Å². The molecule has 1 saturated carbocycles. The molecule has 0 saturated heterocycles. The van der Waals surface area contributed by atoms with Crippen molar-refractivity contribution in [3.8, 4) is 0 Å². The second kappa shape index (κ2) is 5.72. The molecule has 1 aromatic rings. The van der Waals surface area contributed by atoms with Crippen LogP contribution in [0.25, 0.3) is 0 Å². The fraction of sp³-hybridized carbons (Fsp3) is 0.643. The Balaban J connectivity index is 2.17. The van der Waals surface area contributed by atoms with E-state index in [0.29, 0.717) is 5.88 Å². The van der Waals surface area contributed by atoms with Gasteiger partial charge in [0.2, 0.25) is 0 Å². The van der Waals surface area contributed by atoms with Gasteiger partial charge < -0.3 is 4.90 Å². The lowest BCUT2D eigenvalue weighted by atomic mass is 10.2.